The smallest absolute Gasteiger partial charge is 0.154 e. The van der Waals surface area contributed by atoms with Gasteiger partial charge < -0.3 is 9.80 Å². The van der Waals surface area contributed by atoms with E-state index in [0.717, 1.165) is 34.4 Å². The highest BCUT2D eigenvalue weighted by atomic mass is 15.2. The van der Waals surface area contributed by atoms with Gasteiger partial charge in [-0.1, -0.05) is 36.4 Å². The van der Waals surface area contributed by atoms with Gasteiger partial charge in [0, 0.05) is 25.5 Å². The van der Waals surface area contributed by atoms with Crippen LogP contribution in [0.3, 0.4) is 0 Å². The summed E-state index contributed by atoms with van der Waals surface area (Å²) in [6.45, 7) is 4.01. The highest BCUT2D eigenvalue weighted by Gasteiger charge is 2.16. The Morgan fingerprint density at radius 2 is 0.917 bits per heavy atom. The second-order valence-electron chi connectivity index (χ2n) is 5.83. The Hall–Kier alpha value is -2.88. The van der Waals surface area contributed by atoms with Gasteiger partial charge in [-0.05, 0) is 38.1 Å². The average Bonchev–Trinajstić information content (AvgIpc) is 2.63. The molecule has 122 valence electrons. The normalized spacial score (nSPS) is 10.5. The molecule has 0 aliphatic rings. The van der Waals surface area contributed by atoms with Crippen molar-refractivity contribution in [2.24, 2.45) is 0 Å². The predicted octanol–water partition coefficient (Wildman–Crippen LogP) is 4.63. The van der Waals surface area contributed by atoms with Crippen molar-refractivity contribution >= 4 is 23.0 Å². The zero-order valence-electron chi connectivity index (χ0n) is 14.6. The summed E-state index contributed by atoms with van der Waals surface area (Å²) in [6.07, 6.45) is 0. The first-order valence-electron chi connectivity index (χ1n) is 8.00. The topological polar surface area (TPSA) is 32.3 Å². The van der Waals surface area contributed by atoms with E-state index in [9.17, 15) is 0 Å². The molecule has 0 saturated heterocycles. The van der Waals surface area contributed by atoms with Crippen LogP contribution in [0.25, 0.3) is 0 Å². The molecule has 0 unspecified atom stereocenters. The zero-order valence-corrected chi connectivity index (χ0v) is 14.6. The summed E-state index contributed by atoms with van der Waals surface area (Å²) >= 11 is 0. The Balaban J connectivity index is 1.97. The van der Waals surface area contributed by atoms with Crippen LogP contribution in [0, 0.1) is 13.8 Å². The molecule has 0 radical (unpaired) electrons. The minimum absolute atomic E-state index is 0.879. The summed E-state index contributed by atoms with van der Waals surface area (Å²) in [6, 6.07) is 20.4. The number of anilines is 4. The van der Waals surface area contributed by atoms with Crippen LogP contribution >= 0.6 is 0 Å². The number of hydrogen-bond donors (Lipinski definition) is 0. The molecule has 4 heteroatoms. The Morgan fingerprint density at radius 1 is 0.583 bits per heavy atom. The molecule has 1 heterocycles. The highest BCUT2D eigenvalue weighted by Crippen LogP contribution is 2.29. The molecule has 3 aromatic rings. The van der Waals surface area contributed by atoms with E-state index in [1.54, 1.807) is 0 Å². The predicted molar refractivity (Wildman–Crippen MR) is 101 cm³/mol. The summed E-state index contributed by atoms with van der Waals surface area (Å²) in [7, 11) is 4.04. The van der Waals surface area contributed by atoms with Crippen molar-refractivity contribution in [1.82, 2.24) is 9.97 Å². The van der Waals surface area contributed by atoms with Crippen LogP contribution in [0.2, 0.25) is 0 Å². The van der Waals surface area contributed by atoms with Gasteiger partial charge in [0.2, 0.25) is 0 Å². The van der Waals surface area contributed by atoms with E-state index in [0.29, 0.717) is 0 Å². The van der Waals surface area contributed by atoms with Gasteiger partial charge >= 0.3 is 0 Å². The highest BCUT2D eigenvalue weighted by molar-refractivity contribution is 5.66. The number of benzene rings is 2. The molecule has 0 N–H and O–H groups in total. The van der Waals surface area contributed by atoms with Gasteiger partial charge in [-0.25, -0.2) is 9.97 Å². The Labute approximate surface area is 143 Å². The molecule has 4 nitrogen and oxygen atoms in total. The molecule has 0 aliphatic carbocycles. The first-order chi connectivity index (χ1) is 11.6. The second-order valence-corrected chi connectivity index (χ2v) is 5.83. The maximum absolute atomic E-state index is 4.82. The van der Waals surface area contributed by atoms with Crippen molar-refractivity contribution in [3.63, 3.8) is 0 Å². The van der Waals surface area contributed by atoms with Gasteiger partial charge in [0.15, 0.2) is 11.6 Å². The van der Waals surface area contributed by atoms with E-state index >= 15 is 0 Å². The molecule has 0 fully saturated rings. The van der Waals surface area contributed by atoms with Crippen LogP contribution in [0.15, 0.2) is 60.7 Å². The molecule has 24 heavy (non-hydrogen) atoms. The van der Waals surface area contributed by atoms with E-state index in [2.05, 4.69) is 34.1 Å². The third-order valence-electron chi connectivity index (χ3n) is 4.12. The van der Waals surface area contributed by atoms with Gasteiger partial charge in [-0.3, -0.25) is 0 Å². The van der Waals surface area contributed by atoms with Crippen LogP contribution in [0.4, 0.5) is 23.0 Å². The summed E-state index contributed by atoms with van der Waals surface area (Å²) in [5.74, 6) is 1.76. The monoisotopic (exact) mass is 318 g/mol. The molecular formula is C20H22N4. The summed E-state index contributed by atoms with van der Waals surface area (Å²) in [5.41, 5.74) is 4.01. The molecule has 0 saturated carbocycles. The lowest BCUT2D eigenvalue weighted by Gasteiger charge is -2.24. The fraction of sp³-hybridized carbons (Fsp3) is 0.200. The van der Waals surface area contributed by atoms with E-state index in [4.69, 9.17) is 9.97 Å². The van der Waals surface area contributed by atoms with Crippen molar-refractivity contribution in [2.75, 3.05) is 23.9 Å². The van der Waals surface area contributed by atoms with Crippen LogP contribution in [0.1, 0.15) is 11.4 Å². The van der Waals surface area contributed by atoms with Crippen molar-refractivity contribution < 1.29 is 0 Å². The SMILES string of the molecule is Cc1nc(N(C)c2ccccc2)c(C)nc1N(C)c1ccccc1. The summed E-state index contributed by atoms with van der Waals surface area (Å²) in [4.78, 5) is 13.8. The lowest BCUT2D eigenvalue weighted by molar-refractivity contribution is 0.976. The quantitative estimate of drug-likeness (QED) is 0.702. The fourth-order valence-corrected chi connectivity index (χ4v) is 2.76. The van der Waals surface area contributed by atoms with E-state index in [1.807, 2.05) is 64.3 Å². The van der Waals surface area contributed by atoms with Crippen molar-refractivity contribution in [3.8, 4) is 0 Å². The number of hydrogen-bond acceptors (Lipinski definition) is 4. The molecule has 3 rings (SSSR count). The van der Waals surface area contributed by atoms with Gasteiger partial charge in [0.1, 0.15) is 0 Å². The second kappa shape index (κ2) is 6.71. The Bertz CT molecular complexity index is 745. The molecule has 0 bridgehead atoms. The first-order valence-corrected chi connectivity index (χ1v) is 8.00. The van der Waals surface area contributed by atoms with Crippen LogP contribution in [-0.4, -0.2) is 24.1 Å². The zero-order chi connectivity index (χ0) is 17.1. The first kappa shape index (κ1) is 16.0. The van der Waals surface area contributed by atoms with Crippen molar-refractivity contribution in [3.05, 3.63) is 72.1 Å². The van der Waals surface area contributed by atoms with Crippen LogP contribution < -0.4 is 9.80 Å². The maximum Gasteiger partial charge on any atom is 0.154 e. The molecular weight excluding hydrogens is 296 g/mol. The standard InChI is InChI=1S/C20H22N4/c1-15-19(23(3)17-11-7-5-8-12-17)22-16(2)20(21-15)24(4)18-13-9-6-10-14-18/h5-14H,1-4H3. The molecule has 0 atom stereocenters. The molecule has 0 aliphatic heterocycles. The largest absolute Gasteiger partial charge is 0.328 e. The van der Waals surface area contributed by atoms with E-state index in [1.165, 1.54) is 0 Å². The fourth-order valence-electron chi connectivity index (χ4n) is 2.76. The summed E-state index contributed by atoms with van der Waals surface area (Å²) in [5, 5.41) is 0. The van der Waals surface area contributed by atoms with Crippen molar-refractivity contribution in [2.45, 2.75) is 13.8 Å². The molecule has 0 amide bonds. The third-order valence-corrected chi connectivity index (χ3v) is 4.12. The number of aromatic nitrogens is 2. The van der Waals surface area contributed by atoms with Crippen molar-refractivity contribution in [1.29, 1.82) is 0 Å². The lowest BCUT2D eigenvalue weighted by atomic mass is 10.2. The van der Waals surface area contributed by atoms with Gasteiger partial charge in [-0.15, -0.1) is 0 Å². The number of para-hydroxylation sites is 2. The minimum atomic E-state index is 0.879. The van der Waals surface area contributed by atoms with Gasteiger partial charge in [0.05, 0.1) is 11.4 Å². The van der Waals surface area contributed by atoms with E-state index in [-0.39, 0.29) is 0 Å². The number of aryl methyl sites for hydroxylation is 2. The van der Waals surface area contributed by atoms with E-state index < -0.39 is 0 Å². The average molecular weight is 318 g/mol. The van der Waals surface area contributed by atoms with Crippen LogP contribution in [0.5, 0.6) is 0 Å². The molecule has 1 aromatic heterocycles. The Kier molecular flexibility index (Phi) is 4.47. The Morgan fingerprint density at radius 3 is 1.25 bits per heavy atom. The maximum atomic E-state index is 4.82. The number of nitrogens with zero attached hydrogens (tertiary/aromatic N) is 4. The third kappa shape index (κ3) is 3.08. The molecule has 2 aromatic carbocycles. The number of rotatable bonds is 4. The van der Waals surface area contributed by atoms with Gasteiger partial charge in [0.25, 0.3) is 0 Å². The van der Waals surface area contributed by atoms with Gasteiger partial charge in [-0.2, -0.15) is 0 Å². The van der Waals surface area contributed by atoms with Crippen LogP contribution in [-0.2, 0) is 0 Å². The molecule has 0 spiro atoms. The minimum Gasteiger partial charge on any atom is -0.328 e. The lowest BCUT2D eigenvalue weighted by Crippen LogP contribution is -2.18. The summed E-state index contributed by atoms with van der Waals surface area (Å²) < 4.78 is 0.